The first-order valence-electron chi connectivity index (χ1n) is 6.80. The van der Waals surface area contributed by atoms with Crippen molar-refractivity contribution in [1.82, 2.24) is 19.6 Å². The third kappa shape index (κ3) is 4.06. The highest BCUT2D eigenvalue weighted by Crippen LogP contribution is 2.09. The molecule has 2 amide bonds. The van der Waals surface area contributed by atoms with Crippen molar-refractivity contribution in [3.8, 4) is 0 Å². The van der Waals surface area contributed by atoms with E-state index in [0.29, 0.717) is 18.8 Å². The molecule has 2 heterocycles. The first-order valence-corrected chi connectivity index (χ1v) is 6.80. The van der Waals surface area contributed by atoms with E-state index in [1.165, 1.54) is 0 Å². The van der Waals surface area contributed by atoms with Crippen LogP contribution in [0, 0.1) is 0 Å². The molecule has 0 saturated carbocycles. The van der Waals surface area contributed by atoms with Gasteiger partial charge in [-0.25, -0.2) is 0 Å². The number of aromatic nitrogens is 2. The van der Waals surface area contributed by atoms with Crippen molar-refractivity contribution in [2.75, 3.05) is 39.0 Å². The summed E-state index contributed by atoms with van der Waals surface area (Å²) in [6.07, 6.45) is 3.22. The maximum absolute atomic E-state index is 11.8. The summed E-state index contributed by atoms with van der Waals surface area (Å²) in [7, 11) is 4.00. The summed E-state index contributed by atoms with van der Waals surface area (Å²) in [5, 5.41) is 6.99. The van der Waals surface area contributed by atoms with Gasteiger partial charge in [0, 0.05) is 31.8 Å². The Kier molecular flexibility index (Phi) is 4.73. The lowest BCUT2D eigenvalue weighted by atomic mass is 10.4. The maximum atomic E-state index is 11.8. The largest absolute Gasteiger partial charge is 0.333 e. The molecule has 7 heteroatoms. The number of hydrogen-bond acceptors (Lipinski definition) is 4. The summed E-state index contributed by atoms with van der Waals surface area (Å²) in [6.45, 7) is 2.44. The Morgan fingerprint density at radius 1 is 1.50 bits per heavy atom. The fourth-order valence-electron chi connectivity index (χ4n) is 2.08. The minimum Gasteiger partial charge on any atom is -0.333 e. The van der Waals surface area contributed by atoms with Gasteiger partial charge in [-0.15, -0.1) is 0 Å². The summed E-state index contributed by atoms with van der Waals surface area (Å²) in [5.74, 6) is 0.384. The molecule has 0 bridgehead atoms. The fourth-order valence-corrected chi connectivity index (χ4v) is 2.08. The molecule has 110 valence electrons. The first-order chi connectivity index (χ1) is 9.54. The van der Waals surface area contributed by atoms with Gasteiger partial charge < -0.3 is 15.1 Å². The van der Waals surface area contributed by atoms with Crippen LogP contribution in [0.1, 0.15) is 12.8 Å². The highest BCUT2D eigenvalue weighted by atomic mass is 16.2. The molecule has 1 aromatic rings. The van der Waals surface area contributed by atoms with Gasteiger partial charge in [-0.1, -0.05) is 0 Å². The van der Waals surface area contributed by atoms with Crippen molar-refractivity contribution < 1.29 is 9.59 Å². The molecule has 0 aliphatic carbocycles. The zero-order chi connectivity index (χ0) is 14.5. The molecule has 2 rings (SSSR count). The Labute approximate surface area is 118 Å². The van der Waals surface area contributed by atoms with E-state index < -0.39 is 0 Å². The zero-order valence-electron chi connectivity index (χ0n) is 12.0. The van der Waals surface area contributed by atoms with Crippen LogP contribution in [0.3, 0.4) is 0 Å². The van der Waals surface area contributed by atoms with Gasteiger partial charge in [0.25, 0.3) is 0 Å². The topological polar surface area (TPSA) is 70.5 Å². The number of anilines is 1. The molecule has 1 aliphatic heterocycles. The fraction of sp³-hybridized carbons (Fsp3) is 0.615. The average Bonchev–Trinajstić information content (AvgIpc) is 2.97. The van der Waals surface area contributed by atoms with E-state index in [9.17, 15) is 9.59 Å². The minimum atomic E-state index is -0.196. The number of nitrogens with zero attached hydrogens (tertiary/aromatic N) is 4. The van der Waals surface area contributed by atoms with E-state index in [0.717, 1.165) is 19.5 Å². The number of carbonyl (C=O) groups excluding carboxylic acids is 2. The van der Waals surface area contributed by atoms with Crippen molar-refractivity contribution in [1.29, 1.82) is 0 Å². The second-order valence-corrected chi connectivity index (χ2v) is 5.23. The van der Waals surface area contributed by atoms with Crippen LogP contribution in [-0.2, 0) is 16.1 Å². The van der Waals surface area contributed by atoms with Crippen LogP contribution in [0.15, 0.2) is 12.3 Å². The number of likely N-dealkylation sites (tertiary alicyclic amines) is 1. The van der Waals surface area contributed by atoms with Gasteiger partial charge in [0.1, 0.15) is 0 Å². The summed E-state index contributed by atoms with van der Waals surface area (Å²) >= 11 is 0. The molecule has 0 unspecified atom stereocenters. The average molecular weight is 279 g/mol. The number of hydrogen-bond donors (Lipinski definition) is 1. The monoisotopic (exact) mass is 279 g/mol. The molecule has 1 N–H and O–H groups in total. The predicted molar refractivity (Wildman–Crippen MR) is 75.2 cm³/mol. The quantitative estimate of drug-likeness (QED) is 0.796. The van der Waals surface area contributed by atoms with Crippen LogP contribution in [0.5, 0.6) is 0 Å². The van der Waals surface area contributed by atoms with Crippen LogP contribution in [-0.4, -0.2) is 65.1 Å². The Morgan fingerprint density at radius 3 is 2.95 bits per heavy atom. The second kappa shape index (κ2) is 6.51. The molecule has 0 atom stereocenters. The zero-order valence-corrected chi connectivity index (χ0v) is 12.0. The molecule has 0 radical (unpaired) electrons. The standard InChI is InChI=1S/C13H21N5O2/c1-16(2)8-9-18-7-5-11(15-18)14-12(19)10-17-6-3-4-13(17)20/h5,7H,3-4,6,8-10H2,1-2H3,(H,14,15,19). The normalized spacial score (nSPS) is 15.2. The molecule has 20 heavy (non-hydrogen) atoms. The number of carbonyl (C=O) groups is 2. The van der Waals surface area contributed by atoms with E-state index in [1.54, 1.807) is 15.6 Å². The number of amides is 2. The van der Waals surface area contributed by atoms with E-state index in [-0.39, 0.29) is 18.4 Å². The Bertz CT molecular complexity index is 483. The third-order valence-corrected chi connectivity index (χ3v) is 3.19. The Balaban J connectivity index is 1.80. The van der Waals surface area contributed by atoms with Crippen molar-refractivity contribution in [2.24, 2.45) is 0 Å². The highest BCUT2D eigenvalue weighted by molar-refractivity contribution is 5.94. The van der Waals surface area contributed by atoms with Gasteiger partial charge >= 0.3 is 0 Å². The molecule has 1 aromatic heterocycles. The molecule has 1 aliphatic rings. The van der Waals surface area contributed by atoms with Crippen LogP contribution < -0.4 is 5.32 Å². The molecule has 0 spiro atoms. The van der Waals surface area contributed by atoms with E-state index in [1.807, 2.05) is 20.3 Å². The Morgan fingerprint density at radius 2 is 2.30 bits per heavy atom. The van der Waals surface area contributed by atoms with Gasteiger partial charge in [-0.3, -0.25) is 14.3 Å². The second-order valence-electron chi connectivity index (χ2n) is 5.23. The lowest BCUT2D eigenvalue weighted by Gasteiger charge is -2.14. The maximum Gasteiger partial charge on any atom is 0.245 e. The highest BCUT2D eigenvalue weighted by Gasteiger charge is 2.22. The number of nitrogens with one attached hydrogen (secondary N) is 1. The van der Waals surface area contributed by atoms with E-state index in [4.69, 9.17) is 0 Å². The van der Waals surface area contributed by atoms with Crippen molar-refractivity contribution in [2.45, 2.75) is 19.4 Å². The molecule has 1 fully saturated rings. The van der Waals surface area contributed by atoms with Gasteiger partial charge in [0.05, 0.1) is 13.1 Å². The molecule has 0 aromatic carbocycles. The van der Waals surface area contributed by atoms with E-state index >= 15 is 0 Å². The smallest absolute Gasteiger partial charge is 0.245 e. The van der Waals surface area contributed by atoms with Gasteiger partial charge in [0.2, 0.25) is 11.8 Å². The summed E-state index contributed by atoms with van der Waals surface area (Å²) < 4.78 is 1.79. The van der Waals surface area contributed by atoms with E-state index in [2.05, 4.69) is 15.3 Å². The molecule has 7 nitrogen and oxygen atoms in total. The molecular formula is C13H21N5O2. The SMILES string of the molecule is CN(C)CCn1ccc(NC(=O)CN2CCCC2=O)n1. The van der Waals surface area contributed by atoms with Crippen molar-refractivity contribution in [3.63, 3.8) is 0 Å². The minimum absolute atomic E-state index is 0.0525. The van der Waals surface area contributed by atoms with Crippen LogP contribution in [0.25, 0.3) is 0 Å². The van der Waals surface area contributed by atoms with Crippen molar-refractivity contribution >= 4 is 17.6 Å². The lowest BCUT2D eigenvalue weighted by molar-refractivity contribution is -0.131. The van der Waals surface area contributed by atoms with Gasteiger partial charge in [0.15, 0.2) is 5.82 Å². The van der Waals surface area contributed by atoms with Gasteiger partial charge in [-0.2, -0.15) is 5.10 Å². The third-order valence-electron chi connectivity index (χ3n) is 3.19. The molecule has 1 saturated heterocycles. The Hall–Kier alpha value is -1.89. The van der Waals surface area contributed by atoms with Crippen LogP contribution in [0.2, 0.25) is 0 Å². The van der Waals surface area contributed by atoms with Gasteiger partial charge in [-0.05, 0) is 20.5 Å². The summed E-state index contributed by atoms with van der Waals surface area (Å²) in [6, 6.07) is 1.76. The lowest BCUT2D eigenvalue weighted by Crippen LogP contribution is -2.34. The molecular weight excluding hydrogens is 258 g/mol. The first kappa shape index (κ1) is 14.5. The van der Waals surface area contributed by atoms with Crippen LogP contribution >= 0.6 is 0 Å². The summed E-state index contributed by atoms with van der Waals surface area (Å²) in [4.78, 5) is 26.9. The van der Waals surface area contributed by atoms with Crippen molar-refractivity contribution in [3.05, 3.63) is 12.3 Å². The summed E-state index contributed by atoms with van der Waals surface area (Å²) in [5.41, 5.74) is 0. The number of rotatable bonds is 6. The number of likely N-dealkylation sites (N-methyl/N-ethyl adjacent to an activating group) is 1. The predicted octanol–water partition coefficient (Wildman–Crippen LogP) is 0.00560. The van der Waals surface area contributed by atoms with Crippen LogP contribution in [0.4, 0.5) is 5.82 Å².